The largest absolute Gasteiger partial charge is 0.479 e. The van der Waals surface area contributed by atoms with Gasteiger partial charge in [-0.1, -0.05) is 30.3 Å². The molecule has 0 bridgehead atoms. The van der Waals surface area contributed by atoms with E-state index in [1.165, 1.54) is 9.47 Å². The topological polar surface area (TPSA) is 102 Å². The van der Waals surface area contributed by atoms with Gasteiger partial charge in [0.15, 0.2) is 6.04 Å². The number of aryl methyl sites for hydroxylation is 1. The van der Waals surface area contributed by atoms with Gasteiger partial charge in [0.1, 0.15) is 11.4 Å². The van der Waals surface area contributed by atoms with Crippen LogP contribution in [0.5, 0.6) is 0 Å². The molecule has 1 atom stereocenters. The van der Waals surface area contributed by atoms with E-state index < -0.39 is 23.7 Å². The smallest absolute Gasteiger partial charge is 0.410 e. The molecule has 3 rings (SSSR count). The molecule has 1 aromatic heterocycles. The monoisotopic (exact) mass is 399 g/mol. The maximum absolute atomic E-state index is 13.2. The number of carboxylic acid groups (broad SMARTS) is 1. The van der Waals surface area contributed by atoms with E-state index in [9.17, 15) is 19.5 Å². The predicted molar refractivity (Wildman–Crippen MR) is 106 cm³/mol. The molecule has 1 amide bonds. The SMILES string of the molecule is Cc1nc2c(c(=O)n1C(C(=O)O)c1ccccc1)CCN(C(=O)OC(C)(C)C)C2. The zero-order chi connectivity index (χ0) is 21.3. The van der Waals surface area contributed by atoms with Crippen LogP contribution >= 0.6 is 0 Å². The predicted octanol–water partition coefficient (Wildman–Crippen LogP) is 2.52. The van der Waals surface area contributed by atoms with E-state index in [0.29, 0.717) is 29.8 Å². The van der Waals surface area contributed by atoms with Crippen molar-refractivity contribution in [3.8, 4) is 0 Å². The van der Waals surface area contributed by atoms with Crippen molar-refractivity contribution < 1.29 is 19.4 Å². The van der Waals surface area contributed by atoms with Crippen LogP contribution < -0.4 is 5.56 Å². The van der Waals surface area contributed by atoms with Gasteiger partial charge in [-0.15, -0.1) is 0 Å². The van der Waals surface area contributed by atoms with Crippen molar-refractivity contribution in [2.45, 2.75) is 52.3 Å². The molecule has 0 aliphatic carbocycles. The molecule has 0 fully saturated rings. The highest BCUT2D eigenvalue weighted by Gasteiger charge is 2.31. The quantitative estimate of drug-likeness (QED) is 0.851. The second-order valence-electron chi connectivity index (χ2n) is 8.06. The van der Waals surface area contributed by atoms with Gasteiger partial charge in [-0.2, -0.15) is 0 Å². The number of carbonyl (C=O) groups excluding carboxylic acids is 1. The summed E-state index contributed by atoms with van der Waals surface area (Å²) in [5.74, 6) is -0.842. The molecule has 0 spiro atoms. The average Bonchev–Trinajstić information content (AvgIpc) is 2.63. The Hall–Kier alpha value is -3.16. The molecule has 0 saturated carbocycles. The fraction of sp³-hybridized carbons (Fsp3) is 0.429. The molecule has 2 heterocycles. The number of ether oxygens (including phenoxy) is 1. The summed E-state index contributed by atoms with van der Waals surface area (Å²) in [4.78, 5) is 43.5. The molecule has 1 aliphatic heterocycles. The number of aliphatic carboxylic acids is 1. The van der Waals surface area contributed by atoms with Crippen LogP contribution in [0.3, 0.4) is 0 Å². The summed E-state index contributed by atoms with van der Waals surface area (Å²) >= 11 is 0. The van der Waals surface area contributed by atoms with Crippen LogP contribution in [0.15, 0.2) is 35.1 Å². The van der Waals surface area contributed by atoms with Crippen LogP contribution in [0.25, 0.3) is 0 Å². The number of hydrogen-bond donors (Lipinski definition) is 1. The van der Waals surface area contributed by atoms with Crippen molar-refractivity contribution in [1.29, 1.82) is 0 Å². The molecule has 2 aromatic rings. The normalized spacial score (nSPS) is 14.8. The first-order chi connectivity index (χ1) is 13.6. The zero-order valence-corrected chi connectivity index (χ0v) is 17.0. The number of carboxylic acids is 1. The lowest BCUT2D eigenvalue weighted by molar-refractivity contribution is -0.139. The summed E-state index contributed by atoms with van der Waals surface area (Å²) < 4.78 is 6.62. The van der Waals surface area contributed by atoms with E-state index in [-0.39, 0.29) is 17.9 Å². The fourth-order valence-electron chi connectivity index (χ4n) is 3.44. The molecule has 8 nitrogen and oxygen atoms in total. The highest BCUT2D eigenvalue weighted by atomic mass is 16.6. The third kappa shape index (κ3) is 4.31. The summed E-state index contributed by atoms with van der Waals surface area (Å²) in [5, 5.41) is 9.80. The minimum atomic E-state index is -1.16. The Labute approximate surface area is 168 Å². The molecule has 1 aliphatic rings. The number of fused-ring (bicyclic) bond motifs is 1. The van der Waals surface area contributed by atoms with Gasteiger partial charge in [-0.3, -0.25) is 9.36 Å². The molecule has 0 saturated heterocycles. The van der Waals surface area contributed by atoms with Crippen molar-refractivity contribution in [3.05, 3.63) is 63.3 Å². The Morgan fingerprint density at radius 2 is 1.86 bits per heavy atom. The van der Waals surface area contributed by atoms with Crippen molar-refractivity contribution in [1.82, 2.24) is 14.5 Å². The van der Waals surface area contributed by atoms with Crippen LogP contribution in [0.4, 0.5) is 4.79 Å². The van der Waals surface area contributed by atoms with E-state index in [1.54, 1.807) is 58.0 Å². The third-order valence-corrected chi connectivity index (χ3v) is 4.70. The number of hydrogen-bond acceptors (Lipinski definition) is 5. The number of carbonyl (C=O) groups is 2. The van der Waals surface area contributed by atoms with Gasteiger partial charge in [0.25, 0.3) is 5.56 Å². The second kappa shape index (κ2) is 7.69. The third-order valence-electron chi connectivity index (χ3n) is 4.70. The van der Waals surface area contributed by atoms with Gasteiger partial charge < -0.3 is 14.7 Å². The maximum Gasteiger partial charge on any atom is 0.410 e. The molecule has 0 radical (unpaired) electrons. The first kappa shape index (κ1) is 20.6. The standard InChI is InChI=1S/C21H25N3O5/c1-13-22-16-12-23(20(28)29-21(2,3)4)11-10-15(16)18(25)24(13)17(19(26)27)14-8-6-5-7-9-14/h5-9,17H,10-12H2,1-4H3,(H,26,27). The fourth-order valence-corrected chi connectivity index (χ4v) is 3.44. The van der Waals surface area contributed by atoms with E-state index in [4.69, 9.17) is 4.74 Å². The second-order valence-corrected chi connectivity index (χ2v) is 8.06. The Kier molecular flexibility index (Phi) is 5.46. The summed E-state index contributed by atoms with van der Waals surface area (Å²) in [6.45, 7) is 7.45. The maximum atomic E-state index is 13.2. The van der Waals surface area contributed by atoms with Crippen molar-refractivity contribution in [2.75, 3.05) is 6.54 Å². The summed E-state index contributed by atoms with van der Waals surface area (Å²) in [6, 6.07) is 7.44. The van der Waals surface area contributed by atoms with Crippen molar-refractivity contribution in [3.63, 3.8) is 0 Å². The van der Waals surface area contributed by atoms with Crippen LogP contribution in [0.1, 0.15) is 49.5 Å². The van der Waals surface area contributed by atoms with Crippen LogP contribution in [-0.4, -0.2) is 43.8 Å². The first-order valence-corrected chi connectivity index (χ1v) is 9.45. The molecular formula is C21H25N3O5. The van der Waals surface area contributed by atoms with E-state index >= 15 is 0 Å². The highest BCUT2D eigenvalue weighted by molar-refractivity contribution is 5.76. The summed E-state index contributed by atoms with van der Waals surface area (Å²) in [5.41, 5.74) is 0.426. The van der Waals surface area contributed by atoms with Crippen molar-refractivity contribution >= 4 is 12.1 Å². The number of rotatable bonds is 3. The molecule has 154 valence electrons. The summed E-state index contributed by atoms with van der Waals surface area (Å²) in [7, 11) is 0. The lowest BCUT2D eigenvalue weighted by Gasteiger charge is -2.31. The van der Waals surface area contributed by atoms with E-state index in [0.717, 1.165) is 0 Å². The number of aromatic nitrogens is 2. The zero-order valence-electron chi connectivity index (χ0n) is 17.0. The van der Waals surface area contributed by atoms with Gasteiger partial charge in [-0.25, -0.2) is 14.6 Å². The molecule has 1 unspecified atom stereocenters. The molecule has 1 N–H and O–H groups in total. The first-order valence-electron chi connectivity index (χ1n) is 9.45. The van der Waals surface area contributed by atoms with Crippen LogP contribution in [-0.2, 0) is 22.5 Å². The number of nitrogens with zero attached hydrogens (tertiary/aromatic N) is 3. The average molecular weight is 399 g/mol. The minimum absolute atomic E-state index is 0.157. The number of amides is 1. The molecule has 29 heavy (non-hydrogen) atoms. The van der Waals surface area contributed by atoms with Gasteiger partial charge in [0.05, 0.1) is 12.2 Å². The molecule has 8 heteroatoms. The lowest BCUT2D eigenvalue weighted by Crippen LogP contribution is -2.44. The number of benzene rings is 1. The Balaban J connectivity index is 1.99. The van der Waals surface area contributed by atoms with Gasteiger partial charge >= 0.3 is 12.1 Å². The minimum Gasteiger partial charge on any atom is -0.479 e. The van der Waals surface area contributed by atoms with E-state index in [2.05, 4.69) is 4.98 Å². The van der Waals surface area contributed by atoms with Gasteiger partial charge in [0, 0.05) is 12.1 Å². The van der Waals surface area contributed by atoms with Gasteiger partial charge in [-0.05, 0) is 39.7 Å². The Morgan fingerprint density at radius 1 is 1.21 bits per heavy atom. The Bertz CT molecular complexity index is 992. The van der Waals surface area contributed by atoms with Crippen molar-refractivity contribution in [2.24, 2.45) is 0 Å². The summed E-state index contributed by atoms with van der Waals surface area (Å²) in [6.07, 6.45) is -0.165. The van der Waals surface area contributed by atoms with Gasteiger partial charge in [0.2, 0.25) is 0 Å². The highest BCUT2D eigenvalue weighted by Crippen LogP contribution is 2.22. The molecule has 1 aromatic carbocycles. The van der Waals surface area contributed by atoms with Crippen LogP contribution in [0.2, 0.25) is 0 Å². The Morgan fingerprint density at radius 3 is 2.45 bits per heavy atom. The van der Waals surface area contributed by atoms with E-state index in [1.807, 2.05) is 0 Å². The van der Waals surface area contributed by atoms with Crippen LogP contribution in [0, 0.1) is 6.92 Å². The lowest BCUT2D eigenvalue weighted by atomic mass is 10.0. The molecular weight excluding hydrogens is 374 g/mol.